The number of H-pyrrole nitrogens is 1. The molecule has 1 aromatic carbocycles. The summed E-state index contributed by atoms with van der Waals surface area (Å²) in [5.74, 6) is 3.72. The van der Waals surface area contributed by atoms with E-state index in [-0.39, 0.29) is 5.92 Å². The molecule has 35 heavy (non-hydrogen) atoms. The highest BCUT2D eigenvalue weighted by Gasteiger charge is 2.24. The van der Waals surface area contributed by atoms with Gasteiger partial charge in [-0.15, -0.1) is 0 Å². The van der Waals surface area contributed by atoms with E-state index in [9.17, 15) is 0 Å². The third-order valence-corrected chi connectivity index (χ3v) is 6.01. The summed E-state index contributed by atoms with van der Waals surface area (Å²) in [6.45, 7) is 14.1. The first-order chi connectivity index (χ1) is 16.9. The average molecular weight is 474 g/mol. The Labute approximate surface area is 208 Å². The van der Waals surface area contributed by atoms with Crippen molar-refractivity contribution in [1.29, 1.82) is 0 Å². The van der Waals surface area contributed by atoms with Crippen LogP contribution in [-0.2, 0) is 11.3 Å². The second-order valence-electron chi connectivity index (χ2n) is 9.10. The van der Waals surface area contributed by atoms with Crippen molar-refractivity contribution in [2.24, 2.45) is 10.9 Å². The van der Waals surface area contributed by atoms with Crippen LogP contribution in [0.4, 0.5) is 5.95 Å². The fourth-order valence-electron chi connectivity index (χ4n) is 4.36. The standard InChI is InChI=1S/C28H35N5O2/c1-7-20-15-23(34-6)9-10-24(20)27(30-18(2)3)33-12-13-35-26-11-8-21(14-22(26)17-33)25-16-29-28(32-25)31-19(4)5/h8-11,14-16,20H,4,7,12-13,17H2,1-3,5-6H3,(H2,29,31,32)/b27-24+. The van der Waals surface area contributed by atoms with Crippen LogP contribution >= 0.6 is 0 Å². The average Bonchev–Trinajstić information content (AvgIpc) is 3.19. The molecule has 1 aliphatic carbocycles. The zero-order valence-electron chi connectivity index (χ0n) is 21.3. The maximum atomic E-state index is 6.15. The summed E-state index contributed by atoms with van der Waals surface area (Å²) in [6, 6.07) is 6.28. The highest BCUT2D eigenvalue weighted by atomic mass is 16.5. The quantitative estimate of drug-likeness (QED) is 0.480. The Hall–Kier alpha value is -3.74. The van der Waals surface area contributed by atoms with Crippen LogP contribution in [0, 0.1) is 5.92 Å². The number of fused-ring (bicyclic) bond motifs is 1. The second kappa shape index (κ2) is 10.7. The van der Waals surface area contributed by atoms with Gasteiger partial charge in [0.25, 0.3) is 0 Å². The Bertz CT molecular complexity index is 1210. The number of imidazole rings is 1. The zero-order chi connectivity index (χ0) is 24.9. The van der Waals surface area contributed by atoms with Crippen molar-refractivity contribution in [1.82, 2.24) is 14.9 Å². The Balaban J connectivity index is 1.70. The van der Waals surface area contributed by atoms with Crippen molar-refractivity contribution in [2.45, 2.75) is 40.7 Å². The molecule has 184 valence electrons. The lowest BCUT2D eigenvalue weighted by Gasteiger charge is -2.28. The minimum Gasteiger partial charge on any atom is -0.497 e. The molecule has 4 rings (SSSR count). The normalized spacial score (nSPS) is 18.6. The molecule has 1 aliphatic heterocycles. The van der Waals surface area contributed by atoms with E-state index in [0.29, 0.717) is 19.1 Å². The summed E-state index contributed by atoms with van der Waals surface area (Å²) >= 11 is 0. The molecule has 2 aliphatic rings. The molecule has 0 amide bonds. The largest absolute Gasteiger partial charge is 0.497 e. The number of allylic oxidation sites excluding steroid dienone is 5. The van der Waals surface area contributed by atoms with Crippen LogP contribution in [0.25, 0.3) is 11.3 Å². The number of anilines is 1. The van der Waals surface area contributed by atoms with Crippen molar-refractivity contribution in [3.8, 4) is 17.0 Å². The van der Waals surface area contributed by atoms with Gasteiger partial charge >= 0.3 is 0 Å². The number of ether oxygens (including phenoxy) is 2. The predicted octanol–water partition coefficient (Wildman–Crippen LogP) is 6.04. The number of rotatable bonds is 7. The Morgan fingerprint density at radius 2 is 2.14 bits per heavy atom. The van der Waals surface area contributed by atoms with E-state index in [1.807, 2.05) is 39.1 Å². The number of nitrogens with zero attached hydrogens (tertiary/aromatic N) is 3. The maximum absolute atomic E-state index is 6.15. The zero-order valence-corrected chi connectivity index (χ0v) is 21.3. The van der Waals surface area contributed by atoms with Gasteiger partial charge in [-0.3, -0.25) is 0 Å². The van der Waals surface area contributed by atoms with E-state index in [1.165, 1.54) is 5.57 Å². The number of aromatic nitrogens is 2. The Morgan fingerprint density at radius 3 is 2.86 bits per heavy atom. The van der Waals surface area contributed by atoms with E-state index in [0.717, 1.165) is 58.5 Å². The summed E-state index contributed by atoms with van der Waals surface area (Å²) in [7, 11) is 1.71. The maximum Gasteiger partial charge on any atom is 0.204 e. The van der Waals surface area contributed by atoms with Crippen LogP contribution in [0.1, 0.15) is 39.7 Å². The van der Waals surface area contributed by atoms with Gasteiger partial charge < -0.3 is 24.7 Å². The van der Waals surface area contributed by atoms with Gasteiger partial charge in [-0.25, -0.2) is 9.98 Å². The van der Waals surface area contributed by atoms with Crippen molar-refractivity contribution in [2.75, 3.05) is 25.6 Å². The summed E-state index contributed by atoms with van der Waals surface area (Å²) in [5, 5.41) is 3.13. The first-order valence-electron chi connectivity index (χ1n) is 12.1. The van der Waals surface area contributed by atoms with E-state index < -0.39 is 0 Å². The number of hydrogen-bond donors (Lipinski definition) is 2. The molecule has 0 bridgehead atoms. The minimum atomic E-state index is 0.243. The smallest absolute Gasteiger partial charge is 0.204 e. The highest BCUT2D eigenvalue weighted by molar-refractivity contribution is 5.80. The number of aromatic amines is 1. The third-order valence-electron chi connectivity index (χ3n) is 6.01. The van der Waals surface area contributed by atoms with Gasteiger partial charge in [0.1, 0.15) is 23.9 Å². The fraction of sp³-hybridized carbons (Fsp3) is 0.357. The lowest BCUT2D eigenvalue weighted by Crippen LogP contribution is -2.27. The molecule has 2 aromatic rings. The van der Waals surface area contributed by atoms with Crippen LogP contribution in [0.15, 0.2) is 77.0 Å². The molecule has 7 nitrogen and oxygen atoms in total. The van der Waals surface area contributed by atoms with Crippen LogP contribution in [0.3, 0.4) is 0 Å². The monoisotopic (exact) mass is 473 g/mol. The van der Waals surface area contributed by atoms with E-state index in [4.69, 9.17) is 14.5 Å². The SMILES string of the molecule is C=C(C)Nc1ncc(-c2ccc3c(c2)CN(/C(N=C(C)C)=C2\C=CC(OC)=CC2CC)CCO3)[nH]1. The molecular weight excluding hydrogens is 438 g/mol. The van der Waals surface area contributed by atoms with Gasteiger partial charge in [0.2, 0.25) is 5.95 Å². The highest BCUT2D eigenvalue weighted by Crippen LogP contribution is 2.34. The van der Waals surface area contributed by atoms with Crippen molar-refractivity contribution >= 4 is 11.7 Å². The van der Waals surface area contributed by atoms with Crippen LogP contribution in [0.2, 0.25) is 0 Å². The molecule has 1 unspecified atom stereocenters. The number of hydrogen-bond acceptors (Lipinski definition) is 6. The van der Waals surface area contributed by atoms with Crippen LogP contribution in [-0.4, -0.2) is 40.8 Å². The number of methoxy groups -OCH3 is 1. The van der Waals surface area contributed by atoms with Crippen LogP contribution < -0.4 is 10.1 Å². The second-order valence-corrected chi connectivity index (χ2v) is 9.10. The molecule has 0 spiro atoms. The fourth-order valence-corrected chi connectivity index (χ4v) is 4.36. The first kappa shape index (κ1) is 24.4. The molecule has 7 heteroatoms. The molecule has 2 heterocycles. The van der Waals surface area contributed by atoms with Crippen molar-refractivity contribution in [3.63, 3.8) is 0 Å². The third kappa shape index (κ3) is 5.67. The molecule has 2 N–H and O–H groups in total. The van der Waals surface area contributed by atoms with E-state index >= 15 is 0 Å². The van der Waals surface area contributed by atoms with E-state index in [1.54, 1.807) is 7.11 Å². The van der Waals surface area contributed by atoms with Gasteiger partial charge in [0.15, 0.2) is 0 Å². The van der Waals surface area contributed by atoms with Crippen LogP contribution in [0.5, 0.6) is 5.75 Å². The molecule has 0 saturated heterocycles. The molecule has 1 aromatic heterocycles. The van der Waals surface area contributed by atoms with Gasteiger partial charge in [-0.1, -0.05) is 19.6 Å². The summed E-state index contributed by atoms with van der Waals surface area (Å²) in [4.78, 5) is 15.1. The Kier molecular flexibility index (Phi) is 7.44. The van der Waals surface area contributed by atoms with Crippen molar-refractivity contribution < 1.29 is 9.47 Å². The Morgan fingerprint density at radius 1 is 1.31 bits per heavy atom. The summed E-state index contributed by atoms with van der Waals surface area (Å²) in [5.41, 5.74) is 6.17. The molecular formula is C28H35N5O2. The molecule has 0 radical (unpaired) electrons. The lowest BCUT2D eigenvalue weighted by atomic mass is 9.91. The van der Waals surface area contributed by atoms with E-state index in [2.05, 4.69) is 58.0 Å². The number of nitrogens with one attached hydrogen (secondary N) is 2. The molecule has 0 fully saturated rings. The minimum absolute atomic E-state index is 0.243. The van der Waals surface area contributed by atoms with Gasteiger partial charge in [0, 0.05) is 40.6 Å². The molecule has 1 atom stereocenters. The first-order valence-corrected chi connectivity index (χ1v) is 12.1. The summed E-state index contributed by atoms with van der Waals surface area (Å²) < 4.78 is 11.6. The molecule has 0 saturated carbocycles. The van der Waals surface area contributed by atoms with Gasteiger partial charge in [-0.2, -0.15) is 0 Å². The van der Waals surface area contributed by atoms with Gasteiger partial charge in [-0.05, 0) is 57.5 Å². The number of benzene rings is 1. The number of aliphatic imine (C=N–C) groups is 1. The van der Waals surface area contributed by atoms with Gasteiger partial charge in [0.05, 0.1) is 25.5 Å². The predicted molar refractivity (Wildman–Crippen MR) is 142 cm³/mol. The summed E-state index contributed by atoms with van der Waals surface area (Å²) in [6.07, 6.45) is 9.17. The lowest BCUT2D eigenvalue weighted by molar-refractivity contribution is 0.260. The van der Waals surface area contributed by atoms with Crippen molar-refractivity contribution in [3.05, 3.63) is 77.6 Å². The topological polar surface area (TPSA) is 74.8 Å².